The Morgan fingerprint density at radius 3 is 1.02 bits per heavy atom. The molecule has 3 aromatic carbocycles. The SMILES string of the molecule is CCC(Oc1cc(C(C)(C)C)cc2c1nc1c3cccnc3c3c(n21)C(C)(C)CC3(C)C)C(COc1cc(C(C)(C)C)cc2c1nc1c3cccnc3c3c(n21)C(C)(C)CC3(C)C)Oc1cc(C(C)(C)C)cc2c1nc1c3cccnc3c3c(n21)C(C)(C)CC3(C)C. The minimum atomic E-state index is -0.707. The van der Waals surface area contributed by atoms with E-state index in [9.17, 15) is 0 Å². The van der Waals surface area contributed by atoms with Gasteiger partial charge in [0.15, 0.2) is 6.10 Å². The van der Waals surface area contributed by atoms with Gasteiger partial charge in [0.05, 0.1) is 33.1 Å². The molecule has 92 heavy (non-hydrogen) atoms. The molecule has 476 valence electrons. The average Bonchev–Trinajstić information content (AvgIpc) is 1.54. The van der Waals surface area contributed by atoms with Crippen molar-refractivity contribution in [1.29, 1.82) is 0 Å². The molecule has 2 atom stereocenters. The van der Waals surface area contributed by atoms with Crippen LogP contribution in [0, 0.1) is 0 Å². The van der Waals surface area contributed by atoms with Gasteiger partial charge in [-0.05, 0) is 148 Å². The normalized spacial score (nSPS) is 18.7. The molecular weight excluding hydrogens is 1130 g/mol. The molecule has 12 heteroatoms. The lowest BCUT2D eigenvalue weighted by atomic mass is 9.82. The molecule has 0 saturated heterocycles. The van der Waals surface area contributed by atoms with Crippen LogP contribution in [0.3, 0.4) is 0 Å². The number of fused-ring (bicyclic) bond motifs is 24. The zero-order chi connectivity index (χ0) is 65.5. The molecule has 12 aromatic rings. The van der Waals surface area contributed by atoms with Gasteiger partial charge in [-0.1, -0.05) is 152 Å². The average molecular weight is 1230 g/mol. The number of nitrogens with zero attached hydrogens (tertiary/aromatic N) is 9. The van der Waals surface area contributed by atoms with E-state index in [1.54, 1.807) is 0 Å². The number of hydrogen-bond donors (Lipinski definition) is 0. The van der Waals surface area contributed by atoms with Crippen LogP contribution in [0.2, 0.25) is 0 Å². The fourth-order valence-corrected chi connectivity index (χ4v) is 18.1. The van der Waals surface area contributed by atoms with E-state index in [4.69, 9.17) is 44.1 Å². The molecule has 12 nitrogen and oxygen atoms in total. The first-order valence-electron chi connectivity index (χ1n) is 33.7. The molecule has 0 N–H and O–H groups in total. The Hall–Kier alpha value is -7.86. The fourth-order valence-electron chi connectivity index (χ4n) is 18.1. The number of benzene rings is 3. The van der Waals surface area contributed by atoms with Crippen LogP contribution < -0.4 is 14.2 Å². The van der Waals surface area contributed by atoms with Crippen molar-refractivity contribution in [3.05, 3.63) is 142 Å². The van der Waals surface area contributed by atoms with Gasteiger partial charge < -0.3 is 14.2 Å². The minimum Gasteiger partial charge on any atom is -0.487 e. The van der Waals surface area contributed by atoms with E-state index in [0.717, 1.165) is 119 Å². The molecule has 0 aliphatic heterocycles. The van der Waals surface area contributed by atoms with Gasteiger partial charge in [-0.25, -0.2) is 15.0 Å². The third-order valence-electron chi connectivity index (χ3n) is 21.4. The van der Waals surface area contributed by atoms with Gasteiger partial charge in [-0.15, -0.1) is 0 Å². The molecule has 0 spiro atoms. The summed E-state index contributed by atoms with van der Waals surface area (Å²) in [5.74, 6) is 2.07. The predicted molar refractivity (Wildman–Crippen MR) is 377 cm³/mol. The van der Waals surface area contributed by atoms with Crippen molar-refractivity contribution in [3.63, 3.8) is 0 Å². The molecule has 0 radical (unpaired) electrons. The first-order chi connectivity index (χ1) is 42.9. The largest absolute Gasteiger partial charge is 0.487 e. The summed E-state index contributed by atoms with van der Waals surface area (Å²) in [6, 6.07) is 26.5. The Kier molecular flexibility index (Phi) is 12.6. The third-order valence-corrected chi connectivity index (χ3v) is 21.4. The molecule has 0 fully saturated rings. The summed E-state index contributed by atoms with van der Waals surface area (Å²) in [5.41, 5.74) is 20.6. The summed E-state index contributed by atoms with van der Waals surface area (Å²) < 4.78 is 30.7. The van der Waals surface area contributed by atoms with Crippen molar-refractivity contribution >= 4 is 82.8 Å². The van der Waals surface area contributed by atoms with E-state index >= 15 is 0 Å². The third kappa shape index (κ3) is 8.78. The van der Waals surface area contributed by atoms with E-state index in [-0.39, 0.29) is 55.3 Å². The molecule has 0 bridgehead atoms. The monoisotopic (exact) mass is 1230 g/mol. The van der Waals surface area contributed by atoms with E-state index in [0.29, 0.717) is 23.7 Å². The highest BCUT2D eigenvalue weighted by molar-refractivity contribution is 6.04. The highest BCUT2D eigenvalue weighted by Gasteiger charge is 2.50. The van der Waals surface area contributed by atoms with E-state index in [1.807, 2.05) is 36.8 Å². The predicted octanol–water partition coefficient (Wildman–Crippen LogP) is 19.2. The molecule has 3 aliphatic rings. The Morgan fingerprint density at radius 2 is 0.707 bits per heavy atom. The van der Waals surface area contributed by atoms with Crippen molar-refractivity contribution in [3.8, 4) is 17.2 Å². The first kappa shape index (κ1) is 60.4. The van der Waals surface area contributed by atoms with Crippen LogP contribution in [0.5, 0.6) is 17.2 Å². The van der Waals surface area contributed by atoms with Crippen LogP contribution >= 0.6 is 0 Å². The molecule has 9 heterocycles. The van der Waals surface area contributed by atoms with Gasteiger partial charge in [0.25, 0.3) is 0 Å². The number of hydrogen-bond acceptors (Lipinski definition) is 9. The summed E-state index contributed by atoms with van der Waals surface area (Å²) in [7, 11) is 0. The fraction of sp³-hybridized carbons (Fsp3) is 0.475. The summed E-state index contributed by atoms with van der Waals surface area (Å²) >= 11 is 0. The van der Waals surface area contributed by atoms with Crippen LogP contribution in [0.4, 0.5) is 0 Å². The zero-order valence-corrected chi connectivity index (χ0v) is 58.6. The summed E-state index contributed by atoms with van der Waals surface area (Å²) in [4.78, 5) is 32.6. The lowest BCUT2D eigenvalue weighted by Crippen LogP contribution is -2.41. The topological polar surface area (TPSA) is 118 Å². The smallest absolute Gasteiger partial charge is 0.169 e. The van der Waals surface area contributed by atoms with Crippen molar-refractivity contribution in [1.82, 2.24) is 43.1 Å². The second-order valence-electron chi connectivity index (χ2n) is 34.8. The minimum absolute atomic E-state index is 0.118. The van der Waals surface area contributed by atoms with Crippen LogP contribution in [0.1, 0.15) is 228 Å². The number of aromatic nitrogens is 9. The summed E-state index contributed by atoms with van der Waals surface area (Å²) in [6.07, 6.45) is 8.02. The van der Waals surface area contributed by atoms with E-state index in [1.165, 1.54) is 33.8 Å². The Bertz CT molecular complexity index is 5160. The van der Waals surface area contributed by atoms with Gasteiger partial charge in [-0.2, -0.15) is 0 Å². The highest BCUT2D eigenvalue weighted by Crippen LogP contribution is 2.57. The van der Waals surface area contributed by atoms with Crippen molar-refractivity contribution in [2.45, 2.75) is 239 Å². The van der Waals surface area contributed by atoms with Crippen LogP contribution in [0.25, 0.3) is 82.8 Å². The van der Waals surface area contributed by atoms with Gasteiger partial charge in [0.1, 0.15) is 63.5 Å². The van der Waals surface area contributed by atoms with Gasteiger partial charge in [0.2, 0.25) is 0 Å². The van der Waals surface area contributed by atoms with E-state index in [2.05, 4.69) is 220 Å². The molecule has 15 rings (SSSR count). The van der Waals surface area contributed by atoms with Crippen molar-refractivity contribution in [2.24, 2.45) is 0 Å². The Balaban J connectivity index is 0.973. The van der Waals surface area contributed by atoms with Gasteiger partial charge in [0, 0.05) is 84.8 Å². The van der Waals surface area contributed by atoms with Gasteiger partial charge in [-0.3, -0.25) is 28.2 Å². The molecule has 0 saturated carbocycles. The maximum atomic E-state index is 7.93. The van der Waals surface area contributed by atoms with Crippen LogP contribution in [0.15, 0.2) is 91.4 Å². The highest BCUT2D eigenvalue weighted by atomic mass is 16.6. The molecule has 3 aliphatic carbocycles. The number of ether oxygens (including phenoxy) is 3. The van der Waals surface area contributed by atoms with E-state index < -0.39 is 12.2 Å². The number of pyridine rings is 6. The molecule has 2 unspecified atom stereocenters. The zero-order valence-electron chi connectivity index (χ0n) is 58.6. The van der Waals surface area contributed by atoms with Crippen molar-refractivity contribution < 1.29 is 14.2 Å². The van der Waals surface area contributed by atoms with Gasteiger partial charge >= 0.3 is 0 Å². The maximum Gasteiger partial charge on any atom is 0.169 e. The lowest BCUT2D eigenvalue weighted by Gasteiger charge is -2.30. The van der Waals surface area contributed by atoms with Crippen molar-refractivity contribution in [2.75, 3.05) is 6.61 Å². The molecule has 9 aromatic heterocycles. The molecule has 0 amide bonds. The number of imidazole rings is 3. The first-order valence-corrected chi connectivity index (χ1v) is 33.7. The second-order valence-corrected chi connectivity index (χ2v) is 34.8. The molecular formula is C80H93N9O3. The summed E-state index contributed by atoms with van der Waals surface area (Å²) in [5, 5.41) is 3.09. The van der Waals surface area contributed by atoms with Crippen LogP contribution in [-0.4, -0.2) is 61.9 Å². The summed E-state index contributed by atoms with van der Waals surface area (Å²) in [6.45, 7) is 51.4. The lowest BCUT2D eigenvalue weighted by molar-refractivity contribution is 0.0225. The quantitative estimate of drug-likeness (QED) is 0.139. The second kappa shape index (κ2) is 19.2. The maximum absolute atomic E-state index is 7.93. The number of rotatable bonds is 9. The Morgan fingerprint density at radius 1 is 0.402 bits per heavy atom. The Labute approximate surface area is 541 Å². The standard InChI is InChI=1S/C80H93N9O3/c1-23-52(91-54-37-44(73(5,6)7)34-50-64(54)85-70-47-28-25-31-82-61(47)58-67(88(50)70)79(19,20)41-76(58,13)14)56(92-55-38-45(74(8,9)10)35-51-65(55)86-71-48-29-26-32-83-62(48)59-68(89(51)71)80(21,22)42-77(59,15)16)39-90-53-36-43(72(2,3)4)33-49-63(53)84-69-46-27-24-30-81-60(46)57-66(87(49)69)78(17,18)40-75(57,11)12/h24-38,52,56H,23,39-42H2,1-22H3. The van der Waals surface area contributed by atoms with Crippen LogP contribution in [-0.2, 0) is 48.7 Å².